The van der Waals surface area contributed by atoms with Crippen molar-refractivity contribution in [1.82, 2.24) is 5.32 Å². The van der Waals surface area contributed by atoms with Crippen LogP contribution in [-0.2, 0) is 0 Å². The predicted molar refractivity (Wildman–Crippen MR) is 45.1 cm³/mol. The third kappa shape index (κ3) is 1.02. The second kappa shape index (κ2) is 2.68. The number of para-hydroxylation sites is 1. The summed E-state index contributed by atoms with van der Waals surface area (Å²) in [5.74, 6) is -0.0316. The van der Waals surface area contributed by atoms with Crippen LogP contribution in [0.25, 0.3) is 0 Å². The Bertz CT molecular complexity index is 295. The Hall–Kier alpha value is -1.22. The van der Waals surface area contributed by atoms with E-state index >= 15 is 0 Å². The molecule has 0 saturated carbocycles. The van der Waals surface area contributed by atoms with E-state index in [4.69, 9.17) is 0 Å². The summed E-state index contributed by atoms with van der Waals surface area (Å²) in [5.41, 5.74) is 0.793. The summed E-state index contributed by atoms with van der Waals surface area (Å²) in [5, 5.41) is 21.8. The lowest BCUT2D eigenvalue weighted by Crippen LogP contribution is -2.34. The monoisotopic (exact) mass is 165 g/mol. The van der Waals surface area contributed by atoms with Crippen LogP contribution in [0.5, 0.6) is 11.5 Å². The molecule has 1 aromatic rings. The smallest absolute Gasteiger partial charge is 0.162 e. The second-order valence-corrected chi connectivity index (χ2v) is 3.01. The van der Waals surface area contributed by atoms with Gasteiger partial charge >= 0.3 is 0 Å². The van der Waals surface area contributed by atoms with Crippen molar-refractivity contribution in [2.75, 3.05) is 6.54 Å². The summed E-state index contributed by atoms with van der Waals surface area (Å²) in [6.07, 6.45) is 1.02. The van der Waals surface area contributed by atoms with Gasteiger partial charge in [0.15, 0.2) is 11.5 Å². The SMILES string of the molecule is Oc1cccc(C2CCN2)c1O. The van der Waals surface area contributed by atoms with Gasteiger partial charge in [-0.25, -0.2) is 0 Å². The van der Waals surface area contributed by atoms with Crippen LogP contribution in [0.1, 0.15) is 18.0 Å². The molecule has 1 atom stereocenters. The number of rotatable bonds is 1. The molecular weight excluding hydrogens is 154 g/mol. The fourth-order valence-electron chi connectivity index (χ4n) is 1.38. The van der Waals surface area contributed by atoms with Gasteiger partial charge in [-0.15, -0.1) is 0 Å². The Morgan fingerprint density at radius 1 is 1.33 bits per heavy atom. The first kappa shape index (κ1) is 7.43. The summed E-state index contributed by atoms with van der Waals surface area (Å²) in [6, 6.07) is 5.27. The number of phenols is 2. The third-order valence-corrected chi connectivity index (χ3v) is 2.25. The highest BCUT2D eigenvalue weighted by Gasteiger charge is 2.22. The van der Waals surface area contributed by atoms with Gasteiger partial charge in [-0.2, -0.15) is 0 Å². The van der Waals surface area contributed by atoms with E-state index in [9.17, 15) is 10.2 Å². The molecule has 1 heterocycles. The van der Waals surface area contributed by atoms with Crippen molar-refractivity contribution >= 4 is 0 Å². The molecule has 1 aliphatic heterocycles. The first-order chi connectivity index (χ1) is 5.79. The van der Waals surface area contributed by atoms with Crippen LogP contribution in [0.4, 0.5) is 0 Å². The molecule has 0 radical (unpaired) electrons. The molecule has 0 spiro atoms. The van der Waals surface area contributed by atoms with Gasteiger partial charge in [-0.1, -0.05) is 12.1 Å². The molecule has 1 aromatic carbocycles. The van der Waals surface area contributed by atoms with Crippen molar-refractivity contribution in [1.29, 1.82) is 0 Å². The average Bonchev–Trinajstić information content (AvgIpc) is 1.95. The van der Waals surface area contributed by atoms with Crippen LogP contribution in [-0.4, -0.2) is 16.8 Å². The zero-order chi connectivity index (χ0) is 8.55. The van der Waals surface area contributed by atoms with Crippen molar-refractivity contribution in [3.8, 4) is 11.5 Å². The van der Waals surface area contributed by atoms with Gasteiger partial charge in [0.25, 0.3) is 0 Å². The number of nitrogens with one attached hydrogen (secondary N) is 1. The quantitative estimate of drug-likeness (QED) is 0.547. The number of benzene rings is 1. The van der Waals surface area contributed by atoms with Crippen molar-refractivity contribution in [2.24, 2.45) is 0 Å². The van der Waals surface area contributed by atoms with Crippen molar-refractivity contribution < 1.29 is 10.2 Å². The lowest BCUT2D eigenvalue weighted by atomic mass is 9.97. The maximum atomic E-state index is 9.44. The summed E-state index contributed by atoms with van der Waals surface area (Å²) < 4.78 is 0. The number of aromatic hydroxyl groups is 2. The van der Waals surface area contributed by atoms with Crippen molar-refractivity contribution in [3.05, 3.63) is 23.8 Å². The molecule has 0 aromatic heterocycles. The molecule has 0 aliphatic carbocycles. The minimum atomic E-state index is -0.0406. The highest BCUT2D eigenvalue weighted by atomic mass is 16.3. The molecule has 2 rings (SSSR count). The molecular formula is C9H11NO2. The van der Waals surface area contributed by atoms with Crippen LogP contribution in [0.15, 0.2) is 18.2 Å². The van der Waals surface area contributed by atoms with E-state index in [0.29, 0.717) is 0 Å². The van der Waals surface area contributed by atoms with Crippen molar-refractivity contribution in [2.45, 2.75) is 12.5 Å². The molecule has 0 amide bonds. The number of hydrogen-bond acceptors (Lipinski definition) is 3. The summed E-state index contributed by atoms with van der Waals surface area (Å²) in [4.78, 5) is 0. The van der Waals surface area contributed by atoms with Gasteiger partial charge < -0.3 is 15.5 Å². The molecule has 1 saturated heterocycles. The number of phenolic OH excluding ortho intramolecular Hbond substituents is 2. The van der Waals surface area contributed by atoms with Gasteiger partial charge in [-0.05, 0) is 19.0 Å². The van der Waals surface area contributed by atoms with E-state index in [2.05, 4.69) is 5.32 Å². The molecule has 1 fully saturated rings. The Morgan fingerprint density at radius 3 is 2.67 bits per heavy atom. The molecule has 64 valence electrons. The molecule has 3 nitrogen and oxygen atoms in total. The van der Waals surface area contributed by atoms with Gasteiger partial charge in [-0.3, -0.25) is 0 Å². The Morgan fingerprint density at radius 2 is 2.08 bits per heavy atom. The van der Waals surface area contributed by atoms with E-state index in [1.54, 1.807) is 6.07 Å². The van der Waals surface area contributed by atoms with Crippen LogP contribution in [0, 0.1) is 0 Å². The zero-order valence-electron chi connectivity index (χ0n) is 6.62. The van der Waals surface area contributed by atoms with E-state index in [1.807, 2.05) is 6.07 Å². The first-order valence-corrected chi connectivity index (χ1v) is 4.03. The standard InChI is InChI=1S/C9H11NO2/c11-8-3-1-2-6(9(8)12)7-4-5-10-7/h1-3,7,10-12H,4-5H2. The normalized spacial score (nSPS) is 21.8. The van der Waals surface area contributed by atoms with Gasteiger partial charge in [0.05, 0.1) is 0 Å². The highest BCUT2D eigenvalue weighted by Crippen LogP contribution is 2.35. The van der Waals surface area contributed by atoms with E-state index in [0.717, 1.165) is 18.5 Å². The first-order valence-electron chi connectivity index (χ1n) is 4.03. The van der Waals surface area contributed by atoms with Crippen LogP contribution < -0.4 is 5.32 Å². The average molecular weight is 165 g/mol. The third-order valence-electron chi connectivity index (χ3n) is 2.25. The Labute approximate surface area is 70.7 Å². The lowest BCUT2D eigenvalue weighted by Gasteiger charge is -2.28. The Kier molecular flexibility index (Phi) is 1.66. The molecule has 12 heavy (non-hydrogen) atoms. The maximum Gasteiger partial charge on any atom is 0.162 e. The van der Waals surface area contributed by atoms with Crippen LogP contribution >= 0.6 is 0 Å². The fraction of sp³-hybridized carbons (Fsp3) is 0.333. The van der Waals surface area contributed by atoms with Crippen LogP contribution in [0.2, 0.25) is 0 Å². The van der Waals surface area contributed by atoms with Gasteiger partial charge in [0.2, 0.25) is 0 Å². The Balaban J connectivity index is 2.36. The van der Waals surface area contributed by atoms with Crippen molar-refractivity contribution in [3.63, 3.8) is 0 Å². The maximum absolute atomic E-state index is 9.44. The molecule has 1 unspecified atom stereocenters. The predicted octanol–water partition coefficient (Wildman–Crippen LogP) is 1.13. The van der Waals surface area contributed by atoms with Gasteiger partial charge in [0.1, 0.15) is 0 Å². The highest BCUT2D eigenvalue weighted by molar-refractivity contribution is 5.46. The van der Waals surface area contributed by atoms with E-state index in [-0.39, 0.29) is 17.5 Å². The number of hydrogen-bond donors (Lipinski definition) is 3. The summed E-state index contributed by atoms with van der Waals surface area (Å²) in [6.45, 7) is 0.986. The topological polar surface area (TPSA) is 52.5 Å². The van der Waals surface area contributed by atoms with Gasteiger partial charge in [0, 0.05) is 11.6 Å². The van der Waals surface area contributed by atoms with Crippen LogP contribution in [0.3, 0.4) is 0 Å². The largest absolute Gasteiger partial charge is 0.504 e. The summed E-state index contributed by atoms with van der Waals surface area (Å²) in [7, 11) is 0. The minimum Gasteiger partial charge on any atom is -0.504 e. The molecule has 3 heteroatoms. The lowest BCUT2D eigenvalue weighted by molar-refractivity contribution is 0.350. The zero-order valence-corrected chi connectivity index (χ0v) is 6.62. The second-order valence-electron chi connectivity index (χ2n) is 3.01. The molecule has 0 bridgehead atoms. The molecule has 1 aliphatic rings. The van der Waals surface area contributed by atoms with E-state index in [1.165, 1.54) is 6.07 Å². The van der Waals surface area contributed by atoms with E-state index < -0.39 is 0 Å². The summed E-state index contributed by atoms with van der Waals surface area (Å²) >= 11 is 0. The minimum absolute atomic E-state index is 0.00898. The fourth-order valence-corrected chi connectivity index (χ4v) is 1.38. The molecule has 3 N–H and O–H groups in total.